The number of aliphatic hydroxyl groups is 1. The van der Waals surface area contributed by atoms with Crippen molar-refractivity contribution in [3.8, 4) is 0 Å². The van der Waals surface area contributed by atoms with Crippen LogP contribution in [-0.4, -0.2) is 32.8 Å². The minimum absolute atomic E-state index is 0.143. The van der Waals surface area contributed by atoms with E-state index in [1.165, 1.54) is 18.3 Å². The predicted molar refractivity (Wildman–Crippen MR) is 78.5 cm³/mol. The van der Waals surface area contributed by atoms with Crippen molar-refractivity contribution < 1.29 is 28.2 Å². The van der Waals surface area contributed by atoms with Gasteiger partial charge in [-0.15, -0.1) is 0 Å². The average molecular weight is 341 g/mol. The third-order valence-electron chi connectivity index (χ3n) is 3.23. The molecule has 0 aliphatic heterocycles. The monoisotopic (exact) mass is 341 g/mol. The molecule has 0 aliphatic carbocycles. The van der Waals surface area contributed by atoms with Gasteiger partial charge in [-0.2, -0.15) is 13.2 Å². The fourth-order valence-electron chi connectivity index (χ4n) is 2.07. The van der Waals surface area contributed by atoms with Gasteiger partial charge >= 0.3 is 12.1 Å². The maximum Gasteiger partial charge on any atom is 0.416 e. The number of hydrogen-bond acceptors (Lipinski definition) is 5. The summed E-state index contributed by atoms with van der Waals surface area (Å²) in [6.45, 7) is -0.255. The van der Waals surface area contributed by atoms with Crippen LogP contribution in [0.2, 0.25) is 0 Å². The molecule has 9 heteroatoms. The molecule has 0 saturated carbocycles. The Balaban J connectivity index is 2.24. The van der Waals surface area contributed by atoms with E-state index < -0.39 is 23.8 Å². The van der Waals surface area contributed by atoms with E-state index in [0.29, 0.717) is 5.56 Å². The SMILES string of the molecule is O=C(O)c1cnc(NC(CCO)c2cccc(C(F)(F)F)c2)cn1. The van der Waals surface area contributed by atoms with Crippen LogP contribution >= 0.6 is 0 Å². The van der Waals surface area contributed by atoms with E-state index in [-0.39, 0.29) is 24.5 Å². The molecule has 6 nitrogen and oxygen atoms in total. The second-order valence-corrected chi connectivity index (χ2v) is 4.92. The van der Waals surface area contributed by atoms with Gasteiger partial charge in [0.1, 0.15) is 5.82 Å². The molecule has 128 valence electrons. The van der Waals surface area contributed by atoms with Crippen molar-refractivity contribution in [1.82, 2.24) is 9.97 Å². The van der Waals surface area contributed by atoms with Gasteiger partial charge in [0.05, 0.1) is 24.0 Å². The van der Waals surface area contributed by atoms with E-state index in [2.05, 4.69) is 15.3 Å². The maximum absolute atomic E-state index is 12.8. The van der Waals surface area contributed by atoms with E-state index >= 15 is 0 Å². The average Bonchev–Trinajstić information content (AvgIpc) is 2.54. The summed E-state index contributed by atoms with van der Waals surface area (Å²) < 4.78 is 38.4. The number of rotatable bonds is 6. The Labute approximate surface area is 135 Å². The zero-order valence-corrected chi connectivity index (χ0v) is 12.3. The molecule has 0 saturated heterocycles. The molecular formula is C15H14F3N3O3. The zero-order chi connectivity index (χ0) is 17.7. The molecule has 3 N–H and O–H groups in total. The highest BCUT2D eigenvalue weighted by molar-refractivity contribution is 5.84. The van der Waals surface area contributed by atoms with Gasteiger partial charge in [-0.1, -0.05) is 12.1 Å². The molecule has 0 radical (unpaired) electrons. The second kappa shape index (κ2) is 7.26. The first-order chi connectivity index (χ1) is 11.3. The van der Waals surface area contributed by atoms with Crippen LogP contribution in [0.3, 0.4) is 0 Å². The highest BCUT2D eigenvalue weighted by Crippen LogP contribution is 2.32. The quantitative estimate of drug-likeness (QED) is 0.748. The third-order valence-corrected chi connectivity index (χ3v) is 3.23. The number of alkyl halides is 3. The minimum atomic E-state index is -4.47. The molecule has 0 spiro atoms. The Morgan fingerprint density at radius 1 is 1.25 bits per heavy atom. The van der Waals surface area contributed by atoms with Crippen LogP contribution in [-0.2, 0) is 6.18 Å². The molecule has 0 amide bonds. The standard InChI is InChI=1S/C15H14F3N3O3/c16-15(17,18)10-3-1-2-9(6-10)11(4-5-22)21-13-8-19-12(7-20-13)14(23)24/h1-3,6-8,11,22H,4-5H2,(H,20,21)(H,23,24). The summed E-state index contributed by atoms with van der Waals surface area (Å²) in [5, 5.41) is 20.8. The van der Waals surface area contributed by atoms with Gasteiger partial charge < -0.3 is 15.5 Å². The van der Waals surface area contributed by atoms with E-state index in [1.54, 1.807) is 0 Å². The minimum Gasteiger partial charge on any atom is -0.476 e. The largest absolute Gasteiger partial charge is 0.476 e. The Morgan fingerprint density at radius 2 is 2.00 bits per heavy atom. The zero-order valence-electron chi connectivity index (χ0n) is 12.3. The molecule has 1 unspecified atom stereocenters. The van der Waals surface area contributed by atoms with Gasteiger partial charge in [-0.25, -0.2) is 14.8 Å². The van der Waals surface area contributed by atoms with Crippen molar-refractivity contribution in [2.75, 3.05) is 11.9 Å². The van der Waals surface area contributed by atoms with Gasteiger partial charge in [0.15, 0.2) is 5.69 Å². The Hall–Kier alpha value is -2.68. The number of aliphatic hydroxyl groups excluding tert-OH is 1. The summed E-state index contributed by atoms with van der Waals surface area (Å²) in [5.41, 5.74) is -0.724. The topological polar surface area (TPSA) is 95.3 Å². The smallest absolute Gasteiger partial charge is 0.416 e. The third kappa shape index (κ3) is 4.42. The molecule has 24 heavy (non-hydrogen) atoms. The number of anilines is 1. The lowest BCUT2D eigenvalue weighted by Gasteiger charge is -2.20. The van der Waals surface area contributed by atoms with E-state index in [1.807, 2.05) is 0 Å². The Bertz CT molecular complexity index is 705. The van der Waals surface area contributed by atoms with E-state index in [4.69, 9.17) is 10.2 Å². The number of carboxylic acids is 1. The predicted octanol–water partition coefficient (Wildman–Crippen LogP) is 2.73. The fourth-order valence-corrected chi connectivity index (χ4v) is 2.07. The number of aromatic carboxylic acids is 1. The molecule has 1 atom stereocenters. The van der Waals surface area contributed by atoms with Crippen LogP contribution in [0.1, 0.15) is 34.1 Å². The number of benzene rings is 1. The number of aromatic nitrogens is 2. The first-order valence-corrected chi connectivity index (χ1v) is 6.91. The molecule has 2 rings (SSSR count). The van der Waals surface area contributed by atoms with Crippen LogP contribution in [0, 0.1) is 0 Å². The van der Waals surface area contributed by atoms with Crippen LogP contribution in [0.4, 0.5) is 19.0 Å². The van der Waals surface area contributed by atoms with E-state index in [9.17, 15) is 18.0 Å². The van der Waals surface area contributed by atoms with Gasteiger partial charge in [-0.3, -0.25) is 0 Å². The van der Waals surface area contributed by atoms with Crippen molar-refractivity contribution in [3.63, 3.8) is 0 Å². The van der Waals surface area contributed by atoms with Crippen LogP contribution in [0.25, 0.3) is 0 Å². The normalized spacial score (nSPS) is 12.7. The summed E-state index contributed by atoms with van der Waals surface area (Å²) in [5.74, 6) is -1.05. The van der Waals surface area contributed by atoms with Gasteiger partial charge in [0.25, 0.3) is 0 Å². The van der Waals surface area contributed by atoms with Crippen molar-refractivity contribution in [1.29, 1.82) is 0 Å². The van der Waals surface area contributed by atoms with Crippen molar-refractivity contribution in [2.45, 2.75) is 18.6 Å². The van der Waals surface area contributed by atoms with Gasteiger partial charge in [-0.05, 0) is 24.1 Å². The number of carboxylic acid groups (broad SMARTS) is 1. The number of nitrogens with one attached hydrogen (secondary N) is 1. The van der Waals surface area contributed by atoms with Gasteiger partial charge in [0.2, 0.25) is 0 Å². The molecule has 0 aliphatic rings. The number of hydrogen-bond donors (Lipinski definition) is 3. The fraction of sp³-hybridized carbons (Fsp3) is 0.267. The molecule has 1 aromatic heterocycles. The molecule has 1 heterocycles. The first-order valence-electron chi connectivity index (χ1n) is 6.91. The first kappa shape index (κ1) is 17.7. The summed E-state index contributed by atoms with van der Waals surface area (Å²) in [6, 6.07) is 4.10. The van der Waals surface area contributed by atoms with Crippen molar-refractivity contribution in [3.05, 3.63) is 53.5 Å². The van der Waals surface area contributed by atoms with Crippen molar-refractivity contribution in [2.24, 2.45) is 0 Å². The molecular weight excluding hydrogens is 327 g/mol. The highest BCUT2D eigenvalue weighted by Gasteiger charge is 2.31. The van der Waals surface area contributed by atoms with Crippen molar-refractivity contribution >= 4 is 11.8 Å². The molecule has 0 fully saturated rings. The lowest BCUT2D eigenvalue weighted by molar-refractivity contribution is -0.137. The maximum atomic E-state index is 12.8. The summed E-state index contributed by atoms with van der Waals surface area (Å²) in [4.78, 5) is 18.3. The number of halogens is 3. The van der Waals surface area contributed by atoms with E-state index in [0.717, 1.165) is 18.3 Å². The van der Waals surface area contributed by atoms with Crippen LogP contribution in [0.5, 0.6) is 0 Å². The van der Waals surface area contributed by atoms with Crippen LogP contribution < -0.4 is 5.32 Å². The lowest BCUT2D eigenvalue weighted by Crippen LogP contribution is -2.15. The van der Waals surface area contributed by atoms with Crippen LogP contribution in [0.15, 0.2) is 36.7 Å². The van der Waals surface area contributed by atoms with Gasteiger partial charge in [0, 0.05) is 6.61 Å². The molecule has 2 aromatic rings. The Kier molecular flexibility index (Phi) is 5.35. The Morgan fingerprint density at radius 3 is 2.54 bits per heavy atom. The number of nitrogens with zero attached hydrogens (tertiary/aromatic N) is 2. The second-order valence-electron chi connectivity index (χ2n) is 4.92. The summed E-state index contributed by atoms with van der Waals surface area (Å²) in [7, 11) is 0. The summed E-state index contributed by atoms with van der Waals surface area (Å²) >= 11 is 0. The number of carbonyl (C=O) groups is 1. The molecule has 0 bridgehead atoms. The molecule has 1 aromatic carbocycles. The summed E-state index contributed by atoms with van der Waals surface area (Å²) in [6.07, 6.45) is -2.12. The highest BCUT2D eigenvalue weighted by atomic mass is 19.4. The lowest BCUT2D eigenvalue weighted by atomic mass is 10.0.